The summed E-state index contributed by atoms with van der Waals surface area (Å²) in [5, 5.41) is 16.0. The van der Waals surface area contributed by atoms with Crippen molar-refractivity contribution in [1.82, 2.24) is 10.5 Å². The van der Waals surface area contributed by atoms with E-state index in [9.17, 15) is 9.59 Å². The Morgan fingerprint density at radius 2 is 2.04 bits per heavy atom. The number of carboxylic acid groups (broad SMARTS) is 1. The molecule has 0 aliphatic heterocycles. The zero-order valence-corrected chi connectivity index (χ0v) is 13.3. The average Bonchev–Trinajstić information content (AvgIpc) is 3.01. The van der Waals surface area contributed by atoms with Gasteiger partial charge in [0.05, 0.1) is 5.92 Å². The number of nitrogens with zero attached hydrogens (tertiary/aromatic N) is 1. The van der Waals surface area contributed by atoms with E-state index in [0.29, 0.717) is 17.2 Å². The lowest BCUT2D eigenvalue weighted by molar-refractivity contribution is -0.141. The molecule has 0 aliphatic carbocycles. The van der Waals surface area contributed by atoms with Gasteiger partial charge in [0.25, 0.3) is 5.91 Å². The molecule has 1 unspecified atom stereocenters. The molecule has 2 rings (SSSR count). The molecule has 2 N–H and O–H groups in total. The lowest BCUT2D eigenvalue weighted by Crippen LogP contribution is -2.33. The number of rotatable bonds is 7. The van der Waals surface area contributed by atoms with E-state index in [1.807, 2.05) is 6.92 Å². The molecule has 6 nitrogen and oxygen atoms in total. The lowest BCUT2D eigenvalue weighted by atomic mass is 10.0. The molecule has 1 heterocycles. The highest BCUT2D eigenvalue weighted by atomic mass is 35.5. The second-order valence-electron chi connectivity index (χ2n) is 5.12. The molecule has 0 fully saturated rings. The summed E-state index contributed by atoms with van der Waals surface area (Å²) >= 11 is 5.82. The highest BCUT2D eigenvalue weighted by molar-refractivity contribution is 6.30. The predicted octanol–water partition coefficient (Wildman–Crippen LogP) is 3.23. The standard InChI is InChI=1S/C16H17ClN2O4/c1-2-3-11(16(21)22)9-18-15(20)13-8-14(23-19-13)10-4-6-12(17)7-5-10/h4-8,11H,2-3,9H2,1H3,(H,18,20)(H,21,22). The minimum Gasteiger partial charge on any atom is -0.481 e. The molecule has 1 aromatic carbocycles. The molecular formula is C16H17ClN2O4. The first-order valence-corrected chi connectivity index (χ1v) is 7.62. The Balaban J connectivity index is 2.01. The van der Waals surface area contributed by atoms with Crippen molar-refractivity contribution < 1.29 is 19.2 Å². The zero-order chi connectivity index (χ0) is 16.8. The van der Waals surface area contributed by atoms with Gasteiger partial charge in [-0.05, 0) is 30.7 Å². The number of benzene rings is 1. The molecule has 1 atom stereocenters. The number of hydrogen-bond donors (Lipinski definition) is 2. The van der Waals surface area contributed by atoms with Crippen LogP contribution >= 0.6 is 11.6 Å². The number of aliphatic carboxylic acids is 1. The Hall–Kier alpha value is -2.34. The number of carboxylic acids is 1. The molecule has 0 aliphatic rings. The topological polar surface area (TPSA) is 92.4 Å². The van der Waals surface area contributed by atoms with Crippen molar-refractivity contribution in [2.75, 3.05) is 6.54 Å². The van der Waals surface area contributed by atoms with Crippen molar-refractivity contribution in [3.05, 3.63) is 41.0 Å². The van der Waals surface area contributed by atoms with Crippen molar-refractivity contribution in [2.45, 2.75) is 19.8 Å². The normalized spacial score (nSPS) is 11.9. The van der Waals surface area contributed by atoms with Crippen LogP contribution in [0, 0.1) is 5.92 Å². The fourth-order valence-electron chi connectivity index (χ4n) is 2.10. The van der Waals surface area contributed by atoms with E-state index in [1.165, 1.54) is 6.07 Å². The van der Waals surface area contributed by atoms with E-state index in [-0.39, 0.29) is 12.2 Å². The van der Waals surface area contributed by atoms with Crippen LogP contribution in [0.5, 0.6) is 0 Å². The van der Waals surface area contributed by atoms with Crippen LogP contribution in [0.4, 0.5) is 0 Å². The summed E-state index contributed by atoms with van der Waals surface area (Å²) in [4.78, 5) is 23.1. The fourth-order valence-corrected chi connectivity index (χ4v) is 2.23. The van der Waals surface area contributed by atoms with Crippen LogP contribution in [0.15, 0.2) is 34.9 Å². The Kier molecular flexibility index (Phi) is 5.76. The van der Waals surface area contributed by atoms with Crippen molar-refractivity contribution >= 4 is 23.5 Å². The molecule has 0 spiro atoms. The highest BCUT2D eigenvalue weighted by Gasteiger charge is 2.19. The molecule has 0 saturated carbocycles. The minimum absolute atomic E-state index is 0.0607. The van der Waals surface area contributed by atoms with Crippen molar-refractivity contribution in [3.63, 3.8) is 0 Å². The summed E-state index contributed by atoms with van der Waals surface area (Å²) in [5.74, 6) is -1.55. The monoisotopic (exact) mass is 336 g/mol. The van der Waals surface area contributed by atoms with Crippen LogP contribution in [0.1, 0.15) is 30.3 Å². The molecule has 2 aromatic rings. The number of carbonyl (C=O) groups excluding carboxylic acids is 1. The van der Waals surface area contributed by atoms with Crippen LogP contribution < -0.4 is 5.32 Å². The van der Waals surface area contributed by atoms with Gasteiger partial charge in [0.2, 0.25) is 0 Å². The van der Waals surface area contributed by atoms with Crippen molar-refractivity contribution in [3.8, 4) is 11.3 Å². The third-order valence-electron chi connectivity index (χ3n) is 3.37. The molecule has 7 heteroatoms. The van der Waals surface area contributed by atoms with Gasteiger partial charge in [-0.2, -0.15) is 0 Å². The van der Waals surface area contributed by atoms with E-state index in [2.05, 4.69) is 10.5 Å². The Bertz CT molecular complexity index is 682. The van der Waals surface area contributed by atoms with Gasteiger partial charge in [0.15, 0.2) is 11.5 Å². The summed E-state index contributed by atoms with van der Waals surface area (Å²) in [5.41, 5.74) is 0.853. The molecule has 0 radical (unpaired) electrons. The average molecular weight is 337 g/mol. The summed E-state index contributed by atoms with van der Waals surface area (Å²) in [6, 6.07) is 8.44. The van der Waals surface area contributed by atoms with E-state index >= 15 is 0 Å². The molecule has 0 bridgehead atoms. The highest BCUT2D eigenvalue weighted by Crippen LogP contribution is 2.22. The number of halogens is 1. The second kappa shape index (κ2) is 7.78. The fraction of sp³-hybridized carbons (Fsp3) is 0.312. The molecule has 23 heavy (non-hydrogen) atoms. The first kappa shape index (κ1) is 17.0. The largest absolute Gasteiger partial charge is 0.481 e. The van der Waals surface area contributed by atoms with E-state index < -0.39 is 17.8 Å². The van der Waals surface area contributed by atoms with Crippen LogP contribution in [-0.4, -0.2) is 28.7 Å². The maximum atomic E-state index is 12.0. The Labute approximate surface area is 138 Å². The molecule has 1 amide bonds. The number of nitrogens with one attached hydrogen (secondary N) is 1. The maximum absolute atomic E-state index is 12.0. The number of hydrogen-bond acceptors (Lipinski definition) is 4. The van der Waals surface area contributed by atoms with Gasteiger partial charge in [0, 0.05) is 23.2 Å². The molecular weight excluding hydrogens is 320 g/mol. The first-order chi connectivity index (χ1) is 11.0. The van der Waals surface area contributed by atoms with E-state index in [0.717, 1.165) is 12.0 Å². The summed E-state index contributed by atoms with van der Waals surface area (Å²) in [6.07, 6.45) is 1.24. The Morgan fingerprint density at radius 3 is 2.65 bits per heavy atom. The van der Waals surface area contributed by atoms with Gasteiger partial charge in [-0.25, -0.2) is 0 Å². The smallest absolute Gasteiger partial charge is 0.308 e. The quantitative estimate of drug-likeness (QED) is 0.809. The van der Waals surface area contributed by atoms with E-state index in [1.54, 1.807) is 24.3 Å². The minimum atomic E-state index is -0.922. The molecule has 0 saturated heterocycles. The predicted molar refractivity (Wildman–Crippen MR) is 85.3 cm³/mol. The third-order valence-corrected chi connectivity index (χ3v) is 3.62. The van der Waals surface area contributed by atoms with E-state index in [4.69, 9.17) is 21.2 Å². The molecule has 122 valence electrons. The van der Waals surface area contributed by atoms with Crippen molar-refractivity contribution in [2.24, 2.45) is 5.92 Å². The van der Waals surface area contributed by atoms with Gasteiger partial charge in [0.1, 0.15) is 0 Å². The number of amides is 1. The van der Waals surface area contributed by atoms with Crippen LogP contribution in [0.2, 0.25) is 5.02 Å². The van der Waals surface area contributed by atoms with Gasteiger partial charge < -0.3 is 14.9 Å². The molecule has 1 aromatic heterocycles. The van der Waals surface area contributed by atoms with Crippen LogP contribution in [0.3, 0.4) is 0 Å². The van der Waals surface area contributed by atoms with Crippen molar-refractivity contribution in [1.29, 1.82) is 0 Å². The first-order valence-electron chi connectivity index (χ1n) is 7.25. The van der Waals surface area contributed by atoms with Gasteiger partial charge in [-0.1, -0.05) is 30.1 Å². The van der Waals surface area contributed by atoms with Gasteiger partial charge in [-0.3, -0.25) is 9.59 Å². The van der Waals surface area contributed by atoms with Crippen LogP contribution in [0.25, 0.3) is 11.3 Å². The lowest BCUT2D eigenvalue weighted by Gasteiger charge is -2.11. The maximum Gasteiger partial charge on any atom is 0.308 e. The number of aromatic nitrogens is 1. The Morgan fingerprint density at radius 1 is 1.35 bits per heavy atom. The summed E-state index contributed by atoms with van der Waals surface area (Å²) in [7, 11) is 0. The SMILES string of the molecule is CCCC(CNC(=O)c1cc(-c2ccc(Cl)cc2)on1)C(=O)O. The van der Waals surface area contributed by atoms with Gasteiger partial charge in [-0.15, -0.1) is 0 Å². The summed E-state index contributed by atoms with van der Waals surface area (Å²) < 4.78 is 5.14. The second-order valence-corrected chi connectivity index (χ2v) is 5.55. The number of carbonyl (C=O) groups is 2. The zero-order valence-electron chi connectivity index (χ0n) is 12.6. The summed E-state index contributed by atoms with van der Waals surface area (Å²) in [6.45, 7) is 1.96. The third kappa shape index (κ3) is 4.56. The van der Waals surface area contributed by atoms with Gasteiger partial charge >= 0.3 is 5.97 Å². The van der Waals surface area contributed by atoms with Crippen LogP contribution in [-0.2, 0) is 4.79 Å².